The van der Waals surface area contributed by atoms with Crippen LogP contribution < -0.4 is 5.32 Å². The Morgan fingerprint density at radius 2 is 1.87 bits per heavy atom. The molecule has 2 N–H and O–H groups in total. The number of aliphatic hydroxyl groups is 1. The zero-order chi connectivity index (χ0) is 11.2. The second-order valence-electron chi connectivity index (χ2n) is 3.58. The van der Waals surface area contributed by atoms with Gasteiger partial charge in [0.2, 0.25) is 0 Å². The van der Waals surface area contributed by atoms with Crippen molar-refractivity contribution in [1.29, 1.82) is 0 Å². The molecule has 0 radical (unpaired) electrons. The molecule has 0 fully saturated rings. The van der Waals surface area contributed by atoms with Crippen LogP contribution in [0.3, 0.4) is 0 Å². The number of hydrogen-bond donors (Lipinski definition) is 2. The predicted octanol–water partition coefficient (Wildman–Crippen LogP) is 1.72. The first-order valence-corrected chi connectivity index (χ1v) is 5.92. The van der Waals surface area contributed by atoms with Crippen LogP contribution in [0.5, 0.6) is 0 Å². The SMILES string of the molecule is C=CCCOCCNCCCCCCO. The van der Waals surface area contributed by atoms with Crippen LogP contribution in [-0.2, 0) is 4.74 Å². The normalized spacial score (nSPS) is 10.5. The topological polar surface area (TPSA) is 41.5 Å². The van der Waals surface area contributed by atoms with Gasteiger partial charge in [0.1, 0.15) is 0 Å². The van der Waals surface area contributed by atoms with Gasteiger partial charge in [-0.2, -0.15) is 0 Å². The van der Waals surface area contributed by atoms with E-state index in [1.165, 1.54) is 12.8 Å². The summed E-state index contributed by atoms with van der Waals surface area (Å²) in [5.41, 5.74) is 0. The maximum absolute atomic E-state index is 8.57. The molecule has 0 aromatic carbocycles. The molecule has 0 saturated heterocycles. The lowest BCUT2D eigenvalue weighted by atomic mass is 10.2. The van der Waals surface area contributed by atoms with Gasteiger partial charge in [-0.3, -0.25) is 0 Å². The van der Waals surface area contributed by atoms with Crippen molar-refractivity contribution in [2.24, 2.45) is 0 Å². The van der Waals surface area contributed by atoms with Crippen LogP contribution in [0.4, 0.5) is 0 Å². The van der Waals surface area contributed by atoms with Crippen molar-refractivity contribution in [2.75, 3.05) is 32.9 Å². The molecular formula is C12H25NO2. The summed E-state index contributed by atoms with van der Waals surface area (Å²) in [5, 5.41) is 11.9. The number of hydrogen-bond acceptors (Lipinski definition) is 3. The minimum Gasteiger partial charge on any atom is -0.396 e. The Balaban J connectivity index is 2.83. The summed E-state index contributed by atoms with van der Waals surface area (Å²) in [4.78, 5) is 0. The molecule has 0 aromatic rings. The fourth-order valence-corrected chi connectivity index (χ4v) is 1.25. The summed E-state index contributed by atoms with van der Waals surface area (Å²) in [7, 11) is 0. The van der Waals surface area contributed by atoms with Crippen molar-refractivity contribution in [1.82, 2.24) is 5.32 Å². The standard InChI is InChI=1S/C12H25NO2/c1-2-3-11-15-12-9-13-8-6-4-5-7-10-14/h2,13-14H,1,3-12H2. The highest BCUT2D eigenvalue weighted by Gasteiger charge is 1.90. The van der Waals surface area contributed by atoms with Gasteiger partial charge in [-0.25, -0.2) is 0 Å². The van der Waals surface area contributed by atoms with Gasteiger partial charge in [0.05, 0.1) is 13.2 Å². The minimum atomic E-state index is 0.324. The fourth-order valence-electron chi connectivity index (χ4n) is 1.25. The maximum Gasteiger partial charge on any atom is 0.0591 e. The highest BCUT2D eigenvalue weighted by Crippen LogP contribution is 1.97. The number of nitrogens with one attached hydrogen (secondary N) is 1. The van der Waals surface area contributed by atoms with Crippen molar-refractivity contribution in [3.05, 3.63) is 12.7 Å². The molecule has 3 heteroatoms. The minimum absolute atomic E-state index is 0.324. The van der Waals surface area contributed by atoms with Crippen molar-refractivity contribution >= 4 is 0 Å². The van der Waals surface area contributed by atoms with Gasteiger partial charge in [0.25, 0.3) is 0 Å². The van der Waals surface area contributed by atoms with E-state index < -0.39 is 0 Å². The Morgan fingerprint density at radius 3 is 2.60 bits per heavy atom. The first-order valence-electron chi connectivity index (χ1n) is 5.92. The zero-order valence-corrected chi connectivity index (χ0v) is 9.71. The zero-order valence-electron chi connectivity index (χ0n) is 9.71. The van der Waals surface area contributed by atoms with E-state index in [2.05, 4.69) is 11.9 Å². The van der Waals surface area contributed by atoms with Crippen LogP contribution in [0.1, 0.15) is 32.1 Å². The van der Waals surface area contributed by atoms with E-state index >= 15 is 0 Å². The van der Waals surface area contributed by atoms with Crippen molar-refractivity contribution in [3.63, 3.8) is 0 Å². The molecule has 0 saturated carbocycles. The molecule has 0 amide bonds. The highest BCUT2D eigenvalue weighted by atomic mass is 16.5. The summed E-state index contributed by atoms with van der Waals surface area (Å²) >= 11 is 0. The van der Waals surface area contributed by atoms with E-state index in [0.717, 1.165) is 45.6 Å². The van der Waals surface area contributed by atoms with Crippen LogP contribution in [0.25, 0.3) is 0 Å². The number of ether oxygens (including phenoxy) is 1. The van der Waals surface area contributed by atoms with Crippen molar-refractivity contribution < 1.29 is 9.84 Å². The lowest BCUT2D eigenvalue weighted by Gasteiger charge is -2.05. The first kappa shape index (κ1) is 14.6. The molecule has 0 bridgehead atoms. The lowest BCUT2D eigenvalue weighted by Crippen LogP contribution is -2.21. The van der Waals surface area contributed by atoms with Gasteiger partial charge in [-0.05, 0) is 25.8 Å². The van der Waals surface area contributed by atoms with E-state index in [4.69, 9.17) is 9.84 Å². The van der Waals surface area contributed by atoms with Gasteiger partial charge in [0.15, 0.2) is 0 Å². The average molecular weight is 215 g/mol. The second-order valence-corrected chi connectivity index (χ2v) is 3.58. The van der Waals surface area contributed by atoms with E-state index in [1.54, 1.807) is 0 Å². The van der Waals surface area contributed by atoms with Crippen LogP contribution in [0, 0.1) is 0 Å². The van der Waals surface area contributed by atoms with E-state index in [1.807, 2.05) is 6.08 Å². The van der Waals surface area contributed by atoms with Gasteiger partial charge < -0.3 is 15.2 Å². The van der Waals surface area contributed by atoms with E-state index in [-0.39, 0.29) is 0 Å². The highest BCUT2D eigenvalue weighted by molar-refractivity contribution is 4.64. The summed E-state index contributed by atoms with van der Waals surface area (Å²) in [6, 6.07) is 0. The Labute approximate surface area is 93.5 Å². The second kappa shape index (κ2) is 13.6. The van der Waals surface area contributed by atoms with E-state index in [0.29, 0.717) is 6.61 Å². The summed E-state index contributed by atoms with van der Waals surface area (Å²) in [5.74, 6) is 0. The summed E-state index contributed by atoms with van der Waals surface area (Å²) in [6.45, 7) is 7.50. The van der Waals surface area contributed by atoms with Gasteiger partial charge >= 0.3 is 0 Å². The number of rotatable bonds is 12. The Kier molecular flexibility index (Phi) is 13.3. The lowest BCUT2D eigenvalue weighted by molar-refractivity contribution is 0.140. The monoisotopic (exact) mass is 215 g/mol. The number of unbranched alkanes of at least 4 members (excludes halogenated alkanes) is 3. The molecular weight excluding hydrogens is 190 g/mol. The van der Waals surface area contributed by atoms with E-state index in [9.17, 15) is 0 Å². The van der Waals surface area contributed by atoms with Crippen LogP contribution in [0.15, 0.2) is 12.7 Å². The fraction of sp³-hybridized carbons (Fsp3) is 0.833. The van der Waals surface area contributed by atoms with Gasteiger partial charge in [0, 0.05) is 13.2 Å². The Hall–Kier alpha value is -0.380. The Bertz CT molecular complexity index is 129. The van der Waals surface area contributed by atoms with Crippen LogP contribution in [0.2, 0.25) is 0 Å². The molecule has 0 aliphatic rings. The predicted molar refractivity (Wildman–Crippen MR) is 64.1 cm³/mol. The molecule has 0 aliphatic carbocycles. The molecule has 15 heavy (non-hydrogen) atoms. The van der Waals surface area contributed by atoms with Gasteiger partial charge in [-0.15, -0.1) is 6.58 Å². The van der Waals surface area contributed by atoms with Crippen LogP contribution in [-0.4, -0.2) is 38.0 Å². The molecule has 0 atom stereocenters. The summed E-state index contributed by atoms with van der Waals surface area (Å²) in [6.07, 6.45) is 7.26. The number of aliphatic hydroxyl groups excluding tert-OH is 1. The van der Waals surface area contributed by atoms with Crippen molar-refractivity contribution in [2.45, 2.75) is 32.1 Å². The molecule has 90 valence electrons. The average Bonchev–Trinajstić information content (AvgIpc) is 2.26. The quantitative estimate of drug-likeness (QED) is 0.385. The Morgan fingerprint density at radius 1 is 1.07 bits per heavy atom. The molecule has 0 unspecified atom stereocenters. The molecule has 0 aromatic heterocycles. The molecule has 0 aliphatic heterocycles. The first-order chi connectivity index (χ1) is 7.41. The third kappa shape index (κ3) is 13.6. The molecule has 0 rings (SSSR count). The largest absolute Gasteiger partial charge is 0.396 e. The van der Waals surface area contributed by atoms with Crippen molar-refractivity contribution in [3.8, 4) is 0 Å². The maximum atomic E-state index is 8.57. The molecule has 0 heterocycles. The third-order valence-corrected chi connectivity index (χ3v) is 2.15. The third-order valence-electron chi connectivity index (χ3n) is 2.15. The molecule has 0 spiro atoms. The smallest absolute Gasteiger partial charge is 0.0591 e. The van der Waals surface area contributed by atoms with Gasteiger partial charge in [-0.1, -0.05) is 18.9 Å². The van der Waals surface area contributed by atoms with Crippen LogP contribution >= 0.6 is 0 Å². The molecule has 3 nitrogen and oxygen atoms in total. The summed E-state index contributed by atoms with van der Waals surface area (Å²) < 4.78 is 5.35.